The average molecular weight is 261 g/mol. The fourth-order valence-corrected chi connectivity index (χ4v) is 1.99. The van der Waals surface area contributed by atoms with Crippen molar-refractivity contribution in [3.63, 3.8) is 0 Å². The van der Waals surface area contributed by atoms with Crippen molar-refractivity contribution in [1.29, 1.82) is 0 Å². The first-order valence-corrected chi connectivity index (χ1v) is 6.04. The van der Waals surface area contributed by atoms with Gasteiger partial charge in [-0.1, -0.05) is 48.0 Å². The second kappa shape index (κ2) is 5.23. The molecule has 1 unspecified atom stereocenters. The van der Waals surface area contributed by atoms with E-state index in [1.807, 2.05) is 48.5 Å². The highest BCUT2D eigenvalue weighted by atomic mass is 35.5. The highest BCUT2D eigenvalue weighted by Gasteiger charge is 2.13. The van der Waals surface area contributed by atoms with Gasteiger partial charge in [-0.3, -0.25) is 4.79 Å². The van der Waals surface area contributed by atoms with Gasteiger partial charge in [0.2, 0.25) is 0 Å². The summed E-state index contributed by atoms with van der Waals surface area (Å²) < 4.78 is 0. The molecule has 0 radical (unpaired) electrons. The van der Waals surface area contributed by atoms with Gasteiger partial charge in [-0.15, -0.1) is 0 Å². The van der Waals surface area contributed by atoms with Crippen LogP contribution in [0.4, 0.5) is 0 Å². The molecule has 2 nitrogen and oxygen atoms in total. The predicted octanol–water partition coefficient (Wildman–Crippen LogP) is 4.20. The van der Waals surface area contributed by atoms with Gasteiger partial charge in [0, 0.05) is 5.02 Å². The average Bonchev–Trinajstić information content (AvgIpc) is 2.38. The van der Waals surface area contributed by atoms with Gasteiger partial charge in [-0.2, -0.15) is 0 Å². The van der Waals surface area contributed by atoms with Gasteiger partial charge in [0.1, 0.15) is 0 Å². The minimum atomic E-state index is -0.821. The van der Waals surface area contributed by atoms with Crippen LogP contribution in [0.3, 0.4) is 0 Å². The minimum Gasteiger partial charge on any atom is -0.481 e. The van der Waals surface area contributed by atoms with Gasteiger partial charge in [-0.05, 0) is 35.7 Å². The number of benzene rings is 2. The first kappa shape index (κ1) is 12.7. The number of hydrogen-bond acceptors (Lipinski definition) is 1. The van der Waals surface area contributed by atoms with Crippen molar-refractivity contribution in [2.75, 3.05) is 0 Å². The maximum Gasteiger partial charge on any atom is 0.310 e. The van der Waals surface area contributed by atoms with E-state index < -0.39 is 11.9 Å². The molecule has 92 valence electrons. The molecule has 0 spiro atoms. The third-order valence-corrected chi connectivity index (χ3v) is 3.15. The molecule has 2 aromatic carbocycles. The molecule has 18 heavy (non-hydrogen) atoms. The molecule has 0 saturated carbocycles. The zero-order chi connectivity index (χ0) is 13.1. The van der Waals surface area contributed by atoms with E-state index in [0.717, 1.165) is 16.7 Å². The maximum absolute atomic E-state index is 11.0. The SMILES string of the molecule is CC(C(=O)O)c1cccc(-c2cccc(Cl)c2)c1. The number of hydrogen-bond donors (Lipinski definition) is 1. The molecule has 0 aliphatic heterocycles. The van der Waals surface area contributed by atoms with Crippen molar-refractivity contribution in [3.8, 4) is 11.1 Å². The van der Waals surface area contributed by atoms with Crippen molar-refractivity contribution in [1.82, 2.24) is 0 Å². The van der Waals surface area contributed by atoms with Crippen LogP contribution in [0, 0.1) is 0 Å². The molecular formula is C15H13ClO2. The molecule has 0 heterocycles. The third kappa shape index (κ3) is 2.71. The van der Waals surface area contributed by atoms with E-state index in [4.69, 9.17) is 16.7 Å². The van der Waals surface area contributed by atoms with Crippen LogP contribution >= 0.6 is 11.6 Å². The Hall–Kier alpha value is -1.80. The number of carboxylic acid groups (broad SMARTS) is 1. The molecule has 2 aromatic rings. The summed E-state index contributed by atoms with van der Waals surface area (Å²) in [4.78, 5) is 11.0. The molecule has 1 atom stereocenters. The molecule has 3 heteroatoms. The standard InChI is InChI=1S/C15H13ClO2/c1-10(15(17)18)11-4-2-5-12(8-11)13-6-3-7-14(16)9-13/h2-10H,1H3,(H,17,18). The lowest BCUT2D eigenvalue weighted by atomic mass is 9.96. The Kier molecular flexibility index (Phi) is 3.68. The van der Waals surface area contributed by atoms with E-state index in [9.17, 15) is 4.79 Å². The van der Waals surface area contributed by atoms with Crippen LogP contribution < -0.4 is 0 Å². The summed E-state index contributed by atoms with van der Waals surface area (Å²) in [5, 5.41) is 9.69. The summed E-state index contributed by atoms with van der Waals surface area (Å²) in [7, 11) is 0. The second-order valence-electron chi connectivity index (χ2n) is 4.20. The number of halogens is 1. The molecule has 0 fully saturated rings. The zero-order valence-corrected chi connectivity index (χ0v) is 10.7. The van der Waals surface area contributed by atoms with Crippen LogP contribution in [0.15, 0.2) is 48.5 Å². The summed E-state index contributed by atoms with van der Waals surface area (Å²) in [6, 6.07) is 15.0. The summed E-state index contributed by atoms with van der Waals surface area (Å²) in [5.74, 6) is -1.33. The molecule has 0 aliphatic carbocycles. The minimum absolute atomic E-state index is 0.510. The Morgan fingerprint density at radius 3 is 2.33 bits per heavy atom. The Morgan fingerprint density at radius 2 is 1.72 bits per heavy atom. The Morgan fingerprint density at radius 1 is 1.11 bits per heavy atom. The van der Waals surface area contributed by atoms with Gasteiger partial charge in [-0.25, -0.2) is 0 Å². The number of aliphatic carboxylic acids is 1. The fourth-order valence-electron chi connectivity index (χ4n) is 1.80. The van der Waals surface area contributed by atoms with Gasteiger partial charge in [0.25, 0.3) is 0 Å². The van der Waals surface area contributed by atoms with Crippen LogP contribution in [0.1, 0.15) is 18.4 Å². The monoisotopic (exact) mass is 260 g/mol. The highest BCUT2D eigenvalue weighted by Crippen LogP contribution is 2.26. The quantitative estimate of drug-likeness (QED) is 0.898. The Labute approximate surface area is 111 Å². The molecular weight excluding hydrogens is 248 g/mol. The van der Waals surface area contributed by atoms with Crippen LogP contribution in [-0.4, -0.2) is 11.1 Å². The lowest BCUT2D eigenvalue weighted by molar-refractivity contribution is -0.138. The van der Waals surface area contributed by atoms with E-state index >= 15 is 0 Å². The first-order chi connectivity index (χ1) is 8.58. The number of rotatable bonds is 3. The molecule has 0 amide bonds. The lowest BCUT2D eigenvalue weighted by Crippen LogP contribution is -2.07. The van der Waals surface area contributed by atoms with Gasteiger partial charge in [0.05, 0.1) is 5.92 Å². The van der Waals surface area contributed by atoms with Crippen LogP contribution in [0.25, 0.3) is 11.1 Å². The Bertz CT molecular complexity index is 578. The summed E-state index contributed by atoms with van der Waals surface area (Å²) in [5.41, 5.74) is 2.75. The van der Waals surface area contributed by atoms with Crippen LogP contribution in [0.2, 0.25) is 5.02 Å². The second-order valence-corrected chi connectivity index (χ2v) is 4.63. The van der Waals surface area contributed by atoms with Crippen molar-refractivity contribution in [2.24, 2.45) is 0 Å². The van der Waals surface area contributed by atoms with E-state index in [-0.39, 0.29) is 0 Å². The molecule has 1 N–H and O–H groups in total. The number of carboxylic acids is 1. The molecule has 0 saturated heterocycles. The zero-order valence-electron chi connectivity index (χ0n) is 9.93. The van der Waals surface area contributed by atoms with Crippen LogP contribution in [0.5, 0.6) is 0 Å². The van der Waals surface area contributed by atoms with Crippen molar-refractivity contribution in [2.45, 2.75) is 12.8 Å². The third-order valence-electron chi connectivity index (χ3n) is 2.92. The predicted molar refractivity (Wildman–Crippen MR) is 72.9 cm³/mol. The van der Waals surface area contributed by atoms with Gasteiger partial charge >= 0.3 is 5.97 Å². The fraction of sp³-hybridized carbons (Fsp3) is 0.133. The summed E-state index contributed by atoms with van der Waals surface area (Å²) in [6.07, 6.45) is 0. The smallest absolute Gasteiger partial charge is 0.310 e. The van der Waals surface area contributed by atoms with Gasteiger partial charge < -0.3 is 5.11 Å². The summed E-state index contributed by atoms with van der Waals surface area (Å²) in [6.45, 7) is 1.68. The van der Waals surface area contributed by atoms with Gasteiger partial charge in [0.15, 0.2) is 0 Å². The number of carbonyl (C=O) groups is 1. The van der Waals surface area contributed by atoms with Crippen molar-refractivity contribution in [3.05, 3.63) is 59.1 Å². The largest absolute Gasteiger partial charge is 0.481 e. The highest BCUT2D eigenvalue weighted by molar-refractivity contribution is 6.30. The summed E-state index contributed by atoms with van der Waals surface area (Å²) >= 11 is 5.95. The molecule has 0 bridgehead atoms. The van der Waals surface area contributed by atoms with Crippen molar-refractivity contribution >= 4 is 17.6 Å². The molecule has 2 rings (SSSR count). The van der Waals surface area contributed by atoms with E-state index in [1.54, 1.807) is 6.92 Å². The van der Waals surface area contributed by atoms with E-state index in [1.165, 1.54) is 0 Å². The van der Waals surface area contributed by atoms with E-state index in [0.29, 0.717) is 5.02 Å². The molecule has 0 aliphatic rings. The van der Waals surface area contributed by atoms with E-state index in [2.05, 4.69) is 0 Å². The topological polar surface area (TPSA) is 37.3 Å². The van der Waals surface area contributed by atoms with Crippen molar-refractivity contribution < 1.29 is 9.90 Å². The Balaban J connectivity index is 2.41. The first-order valence-electron chi connectivity index (χ1n) is 5.66. The van der Waals surface area contributed by atoms with Crippen LogP contribution in [-0.2, 0) is 4.79 Å². The molecule has 0 aromatic heterocycles. The maximum atomic E-state index is 11.0. The lowest BCUT2D eigenvalue weighted by Gasteiger charge is -2.09. The normalized spacial score (nSPS) is 12.1.